The van der Waals surface area contributed by atoms with Crippen LogP contribution in [0, 0.1) is 16.7 Å². The van der Waals surface area contributed by atoms with Gasteiger partial charge in [0.15, 0.2) is 0 Å². The number of aliphatic carboxylic acids is 2. The van der Waals surface area contributed by atoms with E-state index in [1.165, 1.54) is 14.7 Å². The number of carbonyl (C=O) groups excluding carboxylic acids is 9. The second-order valence-electron chi connectivity index (χ2n) is 33.3. The number of likely N-dealkylation sites (N-methyl/N-ethyl adjacent to an activating group) is 2. The van der Waals surface area contributed by atoms with Gasteiger partial charge in [-0.05, 0) is 126 Å². The van der Waals surface area contributed by atoms with Crippen molar-refractivity contribution >= 4 is 86.6 Å². The predicted octanol–water partition coefficient (Wildman–Crippen LogP) is 5.35. The summed E-state index contributed by atoms with van der Waals surface area (Å²) >= 11 is 0. The first-order valence-corrected chi connectivity index (χ1v) is 39.7. The molecule has 7 aliphatic heterocycles. The van der Waals surface area contributed by atoms with Crippen LogP contribution in [0.2, 0.25) is 0 Å². The molecular formula is C87H105N15O15. The van der Waals surface area contributed by atoms with Crippen molar-refractivity contribution in [3.8, 4) is 11.5 Å². The molecule has 12 bridgehead atoms. The highest BCUT2D eigenvalue weighted by Gasteiger charge is 2.49. The van der Waals surface area contributed by atoms with Crippen LogP contribution in [0.15, 0.2) is 159 Å². The lowest BCUT2D eigenvalue weighted by atomic mass is 9.85. The minimum atomic E-state index is -1.51. The number of benzene rings is 6. The lowest BCUT2D eigenvalue weighted by Crippen LogP contribution is -2.61. The summed E-state index contributed by atoms with van der Waals surface area (Å²) in [6.45, 7) is 13.9. The first kappa shape index (κ1) is 84.4. The number of imidazole rings is 2. The van der Waals surface area contributed by atoms with E-state index in [4.69, 9.17) is 9.47 Å². The molecule has 30 nitrogen and oxygen atoms in total. The van der Waals surface area contributed by atoms with Crippen molar-refractivity contribution in [3.63, 3.8) is 0 Å². The van der Waals surface area contributed by atoms with E-state index in [1.807, 2.05) is 84.9 Å². The number of amides is 9. The number of nitrogens with zero attached hydrogens (tertiary/aromatic N) is 7. The zero-order chi connectivity index (χ0) is 83.7. The van der Waals surface area contributed by atoms with Gasteiger partial charge in [0, 0.05) is 64.3 Å². The number of rotatable bonds is 15. The van der Waals surface area contributed by atoms with Crippen LogP contribution in [-0.2, 0) is 91.6 Å². The van der Waals surface area contributed by atoms with Crippen LogP contribution in [0.5, 0.6) is 11.5 Å². The van der Waals surface area contributed by atoms with E-state index in [0.717, 1.165) is 21.5 Å². The van der Waals surface area contributed by atoms with Crippen LogP contribution in [-0.4, -0.2) is 210 Å². The van der Waals surface area contributed by atoms with E-state index in [9.17, 15) is 39.0 Å². The Bertz CT molecular complexity index is 5000. The lowest BCUT2D eigenvalue weighted by Gasteiger charge is -2.36. The summed E-state index contributed by atoms with van der Waals surface area (Å²) in [4.78, 5) is 174. The first-order valence-electron chi connectivity index (χ1n) is 39.7. The van der Waals surface area contributed by atoms with E-state index in [0.29, 0.717) is 45.1 Å². The molecule has 0 radical (unpaired) electrons. The SMILES string of the molecule is CN[C@@H](C)C(=O)N[C@H](C(=O)N1C[C@@H]2C[C@H]1C(=O)N[C@@H](Cc1ccc3ccccc3c1)C(=O)N[C@H](C(=O)O)Cc1ccc(cc1)OCc1cn(cn1)[C@H]1C[C@@H](C(=O)N[C@@H](Cc3ccc4ccccc4c3)C(=O)N[C@H](C(=O)N3CCC(C(=O)O)C3)Cc3ccc(cc3)OCc3cn2cn3)N(C(=O)[C@@H](NC(=O)[C@H](C)NC)C(C)(C)C)C1)C(C)(C)C. The minimum absolute atomic E-state index is 0.0132. The second-order valence-corrected chi connectivity index (χ2v) is 33.3. The number of carbonyl (C=O) groups is 11. The fraction of sp³-hybridized carbons (Fsp3) is 0.437. The third-order valence-electron chi connectivity index (χ3n) is 22.7. The summed E-state index contributed by atoms with van der Waals surface area (Å²) in [6, 6.07) is 27.0. The molecule has 7 aliphatic rings. The molecule has 3 saturated heterocycles. The van der Waals surface area contributed by atoms with Crippen molar-refractivity contribution in [1.29, 1.82) is 0 Å². The average molecular weight is 1600 g/mol. The summed E-state index contributed by atoms with van der Waals surface area (Å²) in [7, 11) is 3.24. The Labute approximate surface area is 678 Å². The summed E-state index contributed by atoms with van der Waals surface area (Å²) < 4.78 is 16.1. The zero-order valence-corrected chi connectivity index (χ0v) is 67.5. The first-order chi connectivity index (χ1) is 55.8. The topological polar surface area (TPSA) is 388 Å². The monoisotopic (exact) mass is 1600 g/mol. The molecule has 1 unspecified atom stereocenters. The van der Waals surface area contributed by atoms with Gasteiger partial charge in [0.1, 0.15) is 73.0 Å². The standard InChI is InChI=1S/C87H105N15O15/c1-50(88-9)75(103)96-73(86(3,4)5)82(110)101-44-63-39-71(101)79(107)92-67(37-54-19-25-56-15-11-13-17-58(56)33-54)77(105)94-69(81(109)98-32-31-60(41-98)84(112)113)35-52-21-27-65(28-22-52)116-46-61-42-100(48-90-61)64-40-72(102(45-64)83(111)74(87(6,7)8)97-76(104)51(2)89-10)80(108)93-68(38-55-20-26-57-16-12-14-18-59(57)34-55)78(106)95-70(85(114)115)36-53-23-29-66(30-24-53)117-47-62-43-99(63)49-91-62/h11-30,33-34,42-43,48-51,60,63-64,67-74,88-89H,31-32,35-41,44-47H2,1-10H3,(H,92,107)(H,93,108)(H,94,105)(H,95,106)(H,96,103)(H,97,104)(H,112,113)(H,114,115)/t50-,51-,60?,63-,64-,67-,68-,69-,70-,71-,72-,73+,74+/m0/s1. The van der Waals surface area contributed by atoms with Gasteiger partial charge in [-0.3, -0.25) is 47.9 Å². The van der Waals surface area contributed by atoms with Gasteiger partial charge >= 0.3 is 11.9 Å². The number of ether oxygens (including phenoxy) is 2. The van der Waals surface area contributed by atoms with Crippen molar-refractivity contribution < 1.29 is 72.4 Å². The average Bonchev–Trinajstić information content (AvgIpc) is 1.64. The summed E-state index contributed by atoms with van der Waals surface area (Å²) in [5.41, 5.74) is 1.51. The third-order valence-corrected chi connectivity index (χ3v) is 22.7. The molecule has 30 heteroatoms. The van der Waals surface area contributed by atoms with Gasteiger partial charge in [-0.1, -0.05) is 151 Å². The van der Waals surface area contributed by atoms with Crippen molar-refractivity contribution in [2.24, 2.45) is 16.7 Å². The van der Waals surface area contributed by atoms with Crippen LogP contribution < -0.4 is 52.0 Å². The van der Waals surface area contributed by atoms with E-state index in [2.05, 4.69) is 52.5 Å². The highest BCUT2D eigenvalue weighted by Crippen LogP contribution is 2.35. The molecule has 10 N–H and O–H groups in total. The molecule has 9 amide bonds. The lowest BCUT2D eigenvalue weighted by molar-refractivity contribution is -0.145. The van der Waals surface area contributed by atoms with Crippen molar-refractivity contribution in [3.05, 3.63) is 192 Å². The van der Waals surface area contributed by atoms with Crippen molar-refractivity contribution in [2.75, 3.05) is 40.3 Å². The number of hydrogen-bond donors (Lipinski definition) is 10. The van der Waals surface area contributed by atoms with Crippen LogP contribution in [0.25, 0.3) is 21.5 Å². The van der Waals surface area contributed by atoms with Crippen LogP contribution >= 0.6 is 0 Å². The molecule has 117 heavy (non-hydrogen) atoms. The highest BCUT2D eigenvalue weighted by atomic mass is 16.5. The largest absolute Gasteiger partial charge is 0.487 e. The molecule has 15 rings (SSSR count). The van der Waals surface area contributed by atoms with Gasteiger partial charge in [0.05, 0.1) is 54.1 Å². The van der Waals surface area contributed by atoms with E-state index < -0.39 is 154 Å². The van der Waals surface area contributed by atoms with Gasteiger partial charge in [0.2, 0.25) is 53.2 Å². The Hall–Kier alpha value is -12.0. The van der Waals surface area contributed by atoms with Gasteiger partial charge in [-0.15, -0.1) is 0 Å². The number of fused-ring (bicyclic) bond motifs is 2. The van der Waals surface area contributed by atoms with Crippen LogP contribution in [0.3, 0.4) is 0 Å². The third kappa shape index (κ3) is 20.6. The minimum Gasteiger partial charge on any atom is -0.487 e. The van der Waals surface area contributed by atoms with Crippen LogP contribution in [0.4, 0.5) is 0 Å². The van der Waals surface area contributed by atoms with E-state index >= 15 is 24.0 Å². The van der Waals surface area contributed by atoms with Gasteiger partial charge in [-0.25, -0.2) is 14.8 Å². The molecule has 9 heterocycles. The number of carboxylic acid groups (broad SMARTS) is 2. The maximum atomic E-state index is 15.6. The Morgan fingerprint density at radius 3 is 1.32 bits per heavy atom. The fourth-order valence-corrected chi connectivity index (χ4v) is 15.5. The summed E-state index contributed by atoms with van der Waals surface area (Å²) in [6.07, 6.45) is 6.32. The quantitative estimate of drug-likeness (QED) is 0.0618. The fourth-order valence-electron chi connectivity index (χ4n) is 15.5. The Morgan fingerprint density at radius 2 is 0.923 bits per heavy atom. The number of carboxylic acids is 2. The normalized spacial score (nSPS) is 22.4. The smallest absolute Gasteiger partial charge is 0.326 e. The summed E-state index contributed by atoms with van der Waals surface area (Å²) in [5, 5.41) is 47.8. The number of hydrogen-bond acceptors (Lipinski definition) is 17. The molecule has 618 valence electrons. The molecule has 6 aromatic carbocycles. The predicted molar refractivity (Wildman–Crippen MR) is 435 cm³/mol. The molecular weight excluding hydrogens is 1500 g/mol. The molecule has 0 saturated carbocycles. The van der Waals surface area contributed by atoms with Gasteiger partial charge < -0.3 is 86.1 Å². The van der Waals surface area contributed by atoms with E-state index in [-0.39, 0.29) is 84.3 Å². The maximum absolute atomic E-state index is 15.6. The van der Waals surface area contributed by atoms with Crippen molar-refractivity contribution in [1.82, 2.24) is 76.3 Å². The number of nitrogens with one attached hydrogen (secondary N) is 8. The summed E-state index contributed by atoms with van der Waals surface area (Å²) in [5.74, 6) is -8.04. The Balaban J connectivity index is 0.892. The molecule has 2 aromatic heterocycles. The molecule has 13 atom stereocenters. The number of aromatic nitrogens is 4. The van der Waals surface area contributed by atoms with E-state index in [1.54, 1.807) is 152 Å². The highest BCUT2D eigenvalue weighted by molar-refractivity contribution is 5.99. The Kier molecular flexibility index (Phi) is 26.3. The van der Waals surface area contributed by atoms with Crippen molar-refractivity contribution in [2.45, 2.75) is 186 Å². The molecule has 0 aliphatic carbocycles. The molecule has 0 spiro atoms. The van der Waals surface area contributed by atoms with Gasteiger partial charge in [-0.2, -0.15) is 0 Å². The van der Waals surface area contributed by atoms with Gasteiger partial charge in [0.25, 0.3) is 0 Å². The number of likely N-dealkylation sites (tertiary alicyclic amines) is 3. The Morgan fingerprint density at radius 1 is 0.513 bits per heavy atom. The second kappa shape index (κ2) is 36.4. The zero-order valence-electron chi connectivity index (χ0n) is 67.5. The van der Waals surface area contributed by atoms with Crippen LogP contribution in [0.1, 0.15) is 120 Å². The maximum Gasteiger partial charge on any atom is 0.326 e. The molecule has 3 fully saturated rings. The molecule has 8 aromatic rings.